The Morgan fingerprint density at radius 3 is 2.36 bits per heavy atom. The van der Waals surface area contributed by atoms with Crippen LogP contribution in [0.15, 0.2) is 94.1 Å². The minimum Gasteiger partial charge on any atom is -0.445 e. The van der Waals surface area contributed by atoms with Crippen LogP contribution in [0.1, 0.15) is 22.7 Å². The summed E-state index contributed by atoms with van der Waals surface area (Å²) >= 11 is 0. The maximum atomic E-state index is 13.0. The van der Waals surface area contributed by atoms with Crippen LogP contribution >= 0.6 is 0 Å². The van der Waals surface area contributed by atoms with Crippen LogP contribution in [-0.4, -0.2) is 12.1 Å². The smallest absolute Gasteiger partial charge is 0.408 e. The number of fused-ring (bicyclic) bond motifs is 1. The number of hydrogen-bond donors (Lipinski definition) is 1. The van der Waals surface area contributed by atoms with E-state index in [1.165, 1.54) is 12.1 Å². The highest BCUT2D eigenvalue weighted by Crippen LogP contribution is 2.24. The van der Waals surface area contributed by atoms with Gasteiger partial charge in [0.2, 0.25) is 0 Å². The Morgan fingerprint density at radius 1 is 0.939 bits per heavy atom. The molecule has 0 bridgehead atoms. The van der Waals surface area contributed by atoms with Crippen molar-refractivity contribution in [2.75, 3.05) is 0 Å². The van der Waals surface area contributed by atoms with Gasteiger partial charge in [0.05, 0.1) is 0 Å². The summed E-state index contributed by atoms with van der Waals surface area (Å²) in [5, 5.41) is 3.30. The second-order valence-corrected chi connectivity index (χ2v) is 7.38. The van der Waals surface area contributed by atoms with Gasteiger partial charge in [-0.1, -0.05) is 60.7 Å². The van der Waals surface area contributed by atoms with Crippen LogP contribution in [0.5, 0.6) is 5.75 Å². The molecule has 0 saturated heterocycles. The van der Waals surface area contributed by atoms with Gasteiger partial charge in [-0.25, -0.2) is 14.4 Å². The van der Waals surface area contributed by atoms with E-state index >= 15 is 0 Å². The quantitative estimate of drug-likeness (QED) is 0.264. The molecule has 1 heterocycles. The van der Waals surface area contributed by atoms with Crippen molar-refractivity contribution in [3.8, 4) is 5.75 Å². The molecule has 1 atom stereocenters. The monoisotopic (exact) mass is 443 g/mol. The second kappa shape index (κ2) is 9.82. The van der Waals surface area contributed by atoms with Crippen LogP contribution in [0.2, 0.25) is 0 Å². The zero-order valence-corrected chi connectivity index (χ0v) is 17.8. The molecule has 0 spiro atoms. The Labute approximate surface area is 189 Å². The van der Waals surface area contributed by atoms with Gasteiger partial charge in [-0.05, 0) is 35.7 Å². The number of benzene rings is 3. The van der Waals surface area contributed by atoms with Crippen molar-refractivity contribution in [1.29, 1.82) is 0 Å². The van der Waals surface area contributed by atoms with Crippen molar-refractivity contribution in [3.63, 3.8) is 0 Å². The third-order valence-corrected chi connectivity index (χ3v) is 4.98. The molecular weight excluding hydrogens is 422 g/mol. The van der Waals surface area contributed by atoms with Crippen molar-refractivity contribution in [3.05, 3.63) is 112 Å². The van der Waals surface area contributed by atoms with Crippen LogP contribution in [0.3, 0.4) is 0 Å². The molecule has 33 heavy (non-hydrogen) atoms. The summed E-state index contributed by atoms with van der Waals surface area (Å²) in [6.07, 6.45) is -0.759. The Balaban J connectivity index is 1.52. The Kier molecular flexibility index (Phi) is 6.50. The predicted molar refractivity (Wildman–Crippen MR) is 122 cm³/mol. The fourth-order valence-electron chi connectivity index (χ4n) is 3.35. The molecule has 0 radical (unpaired) electrons. The summed E-state index contributed by atoms with van der Waals surface area (Å²) in [5.74, 6) is -0.533. The number of aryl methyl sites for hydroxylation is 1. The molecule has 1 amide bonds. The zero-order chi connectivity index (χ0) is 23.2. The Morgan fingerprint density at radius 2 is 1.64 bits per heavy atom. The molecule has 7 nitrogen and oxygen atoms in total. The first-order valence-electron chi connectivity index (χ1n) is 10.3. The fourth-order valence-corrected chi connectivity index (χ4v) is 3.35. The minimum atomic E-state index is -1.10. The van der Waals surface area contributed by atoms with E-state index < -0.39 is 23.7 Å². The van der Waals surface area contributed by atoms with Crippen LogP contribution in [0, 0.1) is 6.92 Å². The van der Waals surface area contributed by atoms with Crippen LogP contribution in [-0.2, 0) is 16.1 Å². The molecule has 0 fully saturated rings. The SMILES string of the molecule is Cc1cc(=O)oc2cc(OC(=O)[C@H](NC(=O)OCc3ccccc3)c3ccccc3)ccc12. The molecule has 0 unspecified atom stereocenters. The number of rotatable bonds is 6. The Bertz CT molecular complexity index is 1330. The molecule has 0 aliphatic heterocycles. The van der Waals surface area contributed by atoms with Gasteiger partial charge >= 0.3 is 17.7 Å². The highest BCUT2D eigenvalue weighted by atomic mass is 16.6. The molecule has 166 valence electrons. The molecule has 0 aliphatic carbocycles. The highest BCUT2D eigenvalue weighted by molar-refractivity contribution is 5.86. The average Bonchev–Trinajstić information content (AvgIpc) is 2.82. The lowest BCUT2D eigenvalue weighted by molar-refractivity contribution is -0.136. The average molecular weight is 443 g/mol. The molecule has 4 rings (SSSR count). The van der Waals surface area contributed by atoms with Gasteiger partial charge in [-0.15, -0.1) is 0 Å². The third kappa shape index (κ3) is 5.46. The molecule has 4 aromatic rings. The lowest BCUT2D eigenvalue weighted by Crippen LogP contribution is -2.36. The number of nitrogens with one attached hydrogen (secondary N) is 1. The highest BCUT2D eigenvalue weighted by Gasteiger charge is 2.26. The van der Waals surface area contributed by atoms with E-state index in [1.54, 1.807) is 49.4 Å². The normalized spacial score (nSPS) is 11.5. The minimum absolute atomic E-state index is 0.0618. The second-order valence-electron chi connectivity index (χ2n) is 7.38. The van der Waals surface area contributed by atoms with Gasteiger partial charge in [-0.2, -0.15) is 0 Å². The number of carbonyl (C=O) groups excluding carboxylic acids is 2. The van der Waals surface area contributed by atoms with Crippen LogP contribution < -0.4 is 15.7 Å². The van der Waals surface area contributed by atoms with Gasteiger partial charge in [0.25, 0.3) is 0 Å². The van der Waals surface area contributed by atoms with Gasteiger partial charge in [-0.3, -0.25) is 0 Å². The molecule has 3 aromatic carbocycles. The van der Waals surface area contributed by atoms with Crippen molar-refractivity contribution in [2.24, 2.45) is 0 Å². The fraction of sp³-hybridized carbons (Fsp3) is 0.115. The number of amides is 1. The number of carbonyl (C=O) groups is 2. The summed E-state index contributed by atoms with van der Waals surface area (Å²) < 4.78 is 16.0. The zero-order valence-electron chi connectivity index (χ0n) is 17.8. The van der Waals surface area contributed by atoms with Crippen molar-refractivity contribution in [2.45, 2.75) is 19.6 Å². The van der Waals surface area contributed by atoms with Gasteiger partial charge in [0.15, 0.2) is 6.04 Å². The lowest BCUT2D eigenvalue weighted by atomic mass is 10.1. The Hall–Kier alpha value is -4.39. The van der Waals surface area contributed by atoms with E-state index in [0.29, 0.717) is 11.1 Å². The van der Waals surface area contributed by atoms with Crippen LogP contribution in [0.4, 0.5) is 4.79 Å². The molecule has 0 aliphatic rings. The summed E-state index contributed by atoms with van der Waals surface area (Å²) in [4.78, 5) is 37.1. The van der Waals surface area contributed by atoms with Gasteiger partial charge in [0, 0.05) is 17.5 Å². The van der Waals surface area contributed by atoms with E-state index in [4.69, 9.17) is 13.9 Å². The van der Waals surface area contributed by atoms with E-state index in [1.807, 2.05) is 30.3 Å². The summed E-state index contributed by atoms with van der Waals surface area (Å²) in [5.41, 5.74) is 1.91. The summed E-state index contributed by atoms with van der Waals surface area (Å²) in [6.45, 7) is 1.85. The largest absolute Gasteiger partial charge is 0.445 e. The van der Waals surface area contributed by atoms with Crippen molar-refractivity contribution < 1.29 is 23.5 Å². The summed E-state index contributed by atoms with van der Waals surface area (Å²) in [6, 6.07) is 23.0. The van der Waals surface area contributed by atoms with E-state index in [9.17, 15) is 14.4 Å². The lowest BCUT2D eigenvalue weighted by Gasteiger charge is -2.18. The molecule has 0 saturated carbocycles. The van der Waals surface area contributed by atoms with Gasteiger partial charge in [0.1, 0.15) is 17.9 Å². The topological polar surface area (TPSA) is 94.8 Å². The maximum absolute atomic E-state index is 13.0. The first kappa shape index (κ1) is 21.8. The molecular formula is C26H21NO6. The molecule has 7 heteroatoms. The predicted octanol–water partition coefficient (Wildman–Crippen LogP) is 4.67. The molecule has 1 aromatic heterocycles. The van der Waals surface area contributed by atoms with Gasteiger partial charge < -0.3 is 19.2 Å². The third-order valence-electron chi connectivity index (χ3n) is 4.98. The van der Waals surface area contributed by atoms with E-state index in [0.717, 1.165) is 16.5 Å². The number of ether oxygens (including phenoxy) is 2. The van der Waals surface area contributed by atoms with Crippen molar-refractivity contribution >= 4 is 23.0 Å². The standard InChI is InChI=1S/C26H21NO6/c1-17-14-23(28)33-22-15-20(12-13-21(17)22)32-25(29)24(19-10-6-3-7-11-19)27-26(30)31-16-18-8-4-2-5-9-18/h2-15,24H,16H2,1H3,(H,27,30)/t24-/m1/s1. The number of hydrogen-bond acceptors (Lipinski definition) is 6. The van der Waals surface area contributed by atoms with E-state index in [-0.39, 0.29) is 12.4 Å². The number of esters is 1. The first-order chi connectivity index (χ1) is 16.0. The van der Waals surface area contributed by atoms with Crippen LogP contribution in [0.25, 0.3) is 11.0 Å². The van der Waals surface area contributed by atoms with E-state index in [2.05, 4.69) is 5.32 Å². The van der Waals surface area contributed by atoms with Crippen molar-refractivity contribution in [1.82, 2.24) is 5.32 Å². The molecule has 1 N–H and O–H groups in total. The number of alkyl carbamates (subject to hydrolysis) is 1. The maximum Gasteiger partial charge on any atom is 0.408 e. The first-order valence-corrected chi connectivity index (χ1v) is 10.3. The summed E-state index contributed by atoms with van der Waals surface area (Å²) in [7, 11) is 0.